The Balaban J connectivity index is 1.47. The first-order valence-electron chi connectivity index (χ1n) is 9.60. The number of amides is 1. The number of aromatic nitrogens is 2. The van der Waals surface area contributed by atoms with Gasteiger partial charge in [0.2, 0.25) is 0 Å². The molecule has 0 unspecified atom stereocenters. The molecule has 8 heteroatoms. The largest absolute Gasteiger partial charge is 0.497 e. The molecule has 0 aliphatic carbocycles. The molecular formula is C22H21FN4O3. The summed E-state index contributed by atoms with van der Waals surface area (Å²) >= 11 is 0. The molecule has 0 radical (unpaired) electrons. The Labute approximate surface area is 172 Å². The monoisotopic (exact) mass is 408 g/mol. The van der Waals surface area contributed by atoms with Crippen LogP contribution in [0.1, 0.15) is 10.5 Å². The van der Waals surface area contributed by atoms with Gasteiger partial charge in [0.15, 0.2) is 0 Å². The summed E-state index contributed by atoms with van der Waals surface area (Å²) in [5.41, 5.74) is 1.27. The van der Waals surface area contributed by atoms with Crippen molar-refractivity contribution in [1.29, 1.82) is 0 Å². The fourth-order valence-electron chi connectivity index (χ4n) is 3.42. The molecule has 1 amide bonds. The van der Waals surface area contributed by atoms with Gasteiger partial charge in [-0.3, -0.25) is 9.59 Å². The number of hydrogen-bond donors (Lipinski definition) is 0. The molecule has 0 saturated carbocycles. The number of halogens is 1. The van der Waals surface area contributed by atoms with Crippen LogP contribution in [-0.2, 0) is 0 Å². The third kappa shape index (κ3) is 4.03. The van der Waals surface area contributed by atoms with E-state index in [2.05, 4.69) is 10.00 Å². The smallest absolute Gasteiger partial charge is 0.274 e. The number of anilines is 1. The summed E-state index contributed by atoms with van der Waals surface area (Å²) in [4.78, 5) is 29.0. The molecule has 0 spiro atoms. The zero-order valence-corrected chi connectivity index (χ0v) is 16.5. The topological polar surface area (TPSA) is 67.7 Å². The van der Waals surface area contributed by atoms with Crippen molar-refractivity contribution in [3.8, 4) is 11.4 Å². The predicted octanol–water partition coefficient (Wildman–Crippen LogP) is 2.34. The molecule has 3 aromatic rings. The van der Waals surface area contributed by atoms with Crippen molar-refractivity contribution in [2.24, 2.45) is 0 Å². The maximum Gasteiger partial charge on any atom is 0.274 e. The number of benzene rings is 2. The van der Waals surface area contributed by atoms with Gasteiger partial charge in [-0.25, -0.2) is 4.39 Å². The summed E-state index contributed by atoms with van der Waals surface area (Å²) in [6, 6.07) is 15.9. The molecular weight excluding hydrogens is 387 g/mol. The highest BCUT2D eigenvalue weighted by Gasteiger charge is 2.24. The first-order valence-corrected chi connectivity index (χ1v) is 9.60. The maximum absolute atomic E-state index is 13.2. The van der Waals surface area contributed by atoms with Crippen molar-refractivity contribution in [2.45, 2.75) is 0 Å². The van der Waals surface area contributed by atoms with E-state index in [1.54, 1.807) is 12.0 Å². The first kappa shape index (κ1) is 19.6. The summed E-state index contributed by atoms with van der Waals surface area (Å²) < 4.78 is 19.5. The zero-order valence-electron chi connectivity index (χ0n) is 16.5. The lowest BCUT2D eigenvalue weighted by Crippen LogP contribution is -2.49. The van der Waals surface area contributed by atoms with Gasteiger partial charge in [0, 0.05) is 37.9 Å². The number of rotatable bonds is 4. The van der Waals surface area contributed by atoms with Crippen LogP contribution in [-0.4, -0.2) is 53.9 Å². The van der Waals surface area contributed by atoms with E-state index in [-0.39, 0.29) is 17.2 Å². The van der Waals surface area contributed by atoms with Gasteiger partial charge >= 0.3 is 0 Å². The highest BCUT2D eigenvalue weighted by atomic mass is 19.1. The van der Waals surface area contributed by atoms with Gasteiger partial charge in [-0.2, -0.15) is 9.78 Å². The predicted molar refractivity (Wildman–Crippen MR) is 111 cm³/mol. The molecule has 30 heavy (non-hydrogen) atoms. The summed E-state index contributed by atoms with van der Waals surface area (Å²) in [5, 5.41) is 4.21. The third-order valence-electron chi connectivity index (χ3n) is 5.10. The number of carbonyl (C=O) groups is 1. The van der Waals surface area contributed by atoms with Gasteiger partial charge in [-0.1, -0.05) is 0 Å². The summed E-state index contributed by atoms with van der Waals surface area (Å²) in [6.45, 7) is 2.47. The summed E-state index contributed by atoms with van der Waals surface area (Å²) in [6.07, 6.45) is 0. The highest BCUT2D eigenvalue weighted by Crippen LogP contribution is 2.21. The van der Waals surface area contributed by atoms with Crippen LogP contribution < -0.4 is 15.2 Å². The number of hydrogen-bond acceptors (Lipinski definition) is 5. The number of nitrogens with zero attached hydrogens (tertiary/aromatic N) is 4. The van der Waals surface area contributed by atoms with Gasteiger partial charge in [-0.15, -0.1) is 0 Å². The molecule has 2 heterocycles. The van der Waals surface area contributed by atoms with Crippen molar-refractivity contribution in [1.82, 2.24) is 14.7 Å². The van der Waals surface area contributed by atoms with Gasteiger partial charge in [0.05, 0.1) is 12.8 Å². The third-order valence-corrected chi connectivity index (χ3v) is 5.10. The molecule has 0 atom stereocenters. The Morgan fingerprint density at radius 3 is 2.17 bits per heavy atom. The average Bonchev–Trinajstić information content (AvgIpc) is 2.80. The van der Waals surface area contributed by atoms with Crippen molar-refractivity contribution in [3.63, 3.8) is 0 Å². The lowest BCUT2D eigenvalue weighted by atomic mass is 10.2. The Morgan fingerprint density at radius 1 is 0.900 bits per heavy atom. The molecule has 2 aromatic carbocycles. The van der Waals surface area contributed by atoms with Gasteiger partial charge in [-0.05, 0) is 54.6 Å². The average molecular weight is 408 g/mol. The van der Waals surface area contributed by atoms with Crippen molar-refractivity contribution >= 4 is 11.6 Å². The van der Waals surface area contributed by atoms with E-state index >= 15 is 0 Å². The second-order valence-electron chi connectivity index (χ2n) is 6.92. The normalized spacial score (nSPS) is 13.9. The van der Waals surface area contributed by atoms with Gasteiger partial charge < -0.3 is 14.5 Å². The van der Waals surface area contributed by atoms with Gasteiger partial charge in [0.1, 0.15) is 17.3 Å². The fraction of sp³-hybridized carbons (Fsp3) is 0.227. The number of methoxy groups -OCH3 is 1. The first-order chi connectivity index (χ1) is 14.5. The number of piperazine rings is 1. The zero-order chi connectivity index (χ0) is 21.1. The second kappa shape index (κ2) is 8.36. The second-order valence-corrected chi connectivity index (χ2v) is 6.92. The minimum absolute atomic E-state index is 0.178. The molecule has 1 saturated heterocycles. The van der Waals surface area contributed by atoms with Crippen LogP contribution in [0.3, 0.4) is 0 Å². The molecule has 1 aliphatic heterocycles. The van der Waals surface area contributed by atoms with E-state index in [0.717, 1.165) is 16.1 Å². The molecule has 0 bridgehead atoms. The van der Waals surface area contributed by atoms with Crippen molar-refractivity contribution in [2.75, 3.05) is 38.2 Å². The molecule has 4 rings (SSSR count). The Kier molecular flexibility index (Phi) is 5.47. The summed E-state index contributed by atoms with van der Waals surface area (Å²) in [5.74, 6) is 0.156. The lowest BCUT2D eigenvalue weighted by molar-refractivity contribution is 0.0738. The Morgan fingerprint density at radius 2 is 1.53 bits per heavy atom. The van der Waals surface area contributed by atoms with Crippen LogP contribution in [0.4, 0.5) is 10.1 Å². The SMILES string of the molecule is COc1ccc(N2CCN(C(=O)c3ccc(=O)n(-c4ccc(F)cc4)n3)CC2)cc1. The maximum atomic E-state index is 13.2. The van der Waals surface area contributed by atoms with Crippen LogP contribution in [0.25, 0.3) is 5.69 Å². The van der Waals surface area contributed by atoms with E-state index in [1.807, 2.05) is 24.3 Å². The summed E-state index contributed by atoms with van der Waals surface area (Å²) in [7, 11) is 1.63. The molecule has 1 aliphatic rings. The van der Waals surface area contributed by atoms with Crippen LogP contribution in [0.5, 0.6) is 5.75 Å². The minimum atomic E-state index is -0.409. The number of ether oxygens (including phenoxy) is 1. The van der Waals surface area contributed by atoms with Crippen molar-refractivity contribution in [3.05, 3.63) is 82.5 Å². The molecule has 1 fully saturated rings. The molecule has 1 aromatic heterocycles. The van der Waals surface area contributed by atoms with Crippen LogP contribution in [0, 0.1) is 5.82 Å². The van der Waals surface area contributed by atoms with Crippen LogP contribution in [0.2, 0.25) is 0 Å². The Hall–Kier alpha value is -3.68. The number of carbonyl (C=O) groups excluding carboxylic acids is 1. The Bertz CT molecular complexity index is 1090. The quantitative estimate of drug-likeness (QED) is 0.663. The van der Waals surface area contributed by atoms with Crippen LogP contribution >= 0.6 is 0 Å². The van der Waals surface area contributed by atoms with E-state index in [0.29, 0.717) is 31.9 Å². The fourth-order valence-corrected chi connectivity index (χ4v) is 3.42. The molecule has 7 nitrogen and oxygen atoms in total. The van der Waals surface area contributed by atoms with Crippen LogP contribution in [0.15, 0.2) is 65.5 Å². The minimum Gasteiger partial charge on any atom is -0.497 e. The lowest BCUT2D eigenvalue weighted by Gasteiger charge is -2.36. The van der Waals surface area contributed by atoms with E-state index in [1.165, 1.54) is 36.4 Å². The standard InChI is InChI=1S/C22H21FN4O3/c1-30-19-8-6-17(7-9-19)25-12-14-26(15-13-25)22(29)20-10-11-21(28)27(24-20)18-4-2-16(23)3-5-18/h2-11H,12-15H2,1H3. The molecule has 0 N–H and O–H groups in total. The van der Waals surface area contributed by atoms with E-state index < -0.39 is 5.82 Å². The van der Waals surface area contributed by atoms with Gasteiger partial charge in [0.25, 0.3) is 11.5 Å². The highest BCUT2D eigenvalue weighted by molar-refractivity contribution is 5.92. The molecule has 154 valence electrons. The van der Waals surface area contributed by atoms with E-state index in [4.69, 9.17) is 4.74 Å². The van der Waals surface area contributed by atoms with Crippen molar-refractivity contribution < 1.29 is 13.9 Å². The van der Waals surface area contributed by atoms with E-state index in [9.17, 15) is 14.0 Å².